The van der Waals surface area contributed by atoms with Crippen molar-refractivity contribution in [3.63, 3.8) is 0 Å². The van der Waals surface area contributed by atoms with Gasteiger partial charge in [0.15, 0.2) is 34.6 Å². The third-order valence-corrected chi connectivity index (χ3v) is 5.99. The summed E-state index contributed by atoms with van der Waals surface area (Å²) in [6.07, 6.45) is 0. The Balaban J connectivity index is 1.84. The second-order valence-electron chi connectivity index (χ2n) is 7.49. The number of rotatable bonds is 4. The molecular weight excluding hydrogens is 408 g/mol. The molecule has 0 N–H and O–H groups in total. The van der Waals surface area contributed by atoms with Crippen molar-refractivity contribution in [1.29, 1.82) is 0 Å². The van der Waals surface area contributed by atoms with E-state index in [1.807, 2.05) is 12.1 Å². The van der Waals surface area contributed by atoms with Crippen LogP contribution in [0.2, 0.25) is 0 Å². The minimum atomic E-state index is -0.217. The largest absolute Gasteiger partial charge is 0.493 e. The van der Waals surface area contributed by atoms with Crippen LogP contribution >= 0.6 is 0 Å². The van der Waals surface area contributed by atoms with Crippen LogP contribution in [0.1, 0.15) is 31.8 Å². The van der Waals surface area contributed by atoms with Crippen LogP contribution in [-0.2, 0) is 0 Å². The highest BCUT2D eigenvalue weighted by Crippen LogP contribution is 2.41. The average Bonchev–Trinajstić information content (AvgIpc) is 2.83. The van der Waals surface area contributed by atoms with Gasteiger partial charge in [-0.1, -0.05) is 12.1 Å². The quantitative estimate of drug-likeness (QED) is 0.409. The highest BCUT2D eigenvalue weighted by molar-refractivity contribution is 6.35. The molecule has 0 aromatic heterocycles. The van der Waals surface area contributed by atoms with E-state index in [2.05, 4.69) is 0 Å². The molecule has 32 heavy (non-hydrogen) atoms. The third kappa shape index (κ3) is 2.66. The van der Waals surface area contributed by atoms with E-state index in [0.29, 0.717) is 56.0 Å². The summed E-state index contributed by atoms with van der Waals surface area (Å²) in [6, 6.07) is 14.1. The Morgan fingerprint density at radius 2 is 0.875 bits per heavy atom. The maximum atomic E-state index is 13.9. The van der Waals surface area contributed by atoms with Gasteiger partial charge < -0.3 is 18.9 Å². The van der Waals surface area contributed by atoms with Crippen molar-refractivity contribution >= 4 is 33.1 Å². The van der Waals surface area contributed by atoms with Gasteiger partial charge in [-0.3, -0.25) is 9.59 Å². The van der Waals surface area contributed by atoms with Crippen molar-refractivity contribution in [3.05, 3.63) is 70.8 Å². The molecule has 0 radical (unpaired) electrons. The van der Waals surface area contributed by atoms with Crippen LogP contribution in [-0.4, -0.2) is 40.0 Å². The average molecular weight is 428 g/mol. The summed E-state index contributed by atoms with van der Waals surface area (Å²) in [5.74, 6) is 1.68. The van der Waals surface area contributed by atoms with E-state index in [4.69, 9.17) is 18.9 Å². The second-order valence-corrected chi connectivity index (χ2v) is 7.49. The first-order valence-corrected chi connectivity index (χ1v) is 9.99. The zero-order chi connectivity index (χ0) is 22.6. The molecule has 0 fully saturated rings. The van der Waals surface area contributed by atoms with Crippen molar-refractivity contribution in [1.82, 2.24) is 0 Å². The zero-order valence-electron chi connectivity index (χ0n) is 18.1. The summed E-state index contributed by atoms with van der Waals surface area (Å²) >= 11 is 0. The van der Waals surface area contributed by atoms with E-state index in [9.17, 15) is 9.59 Å². The molecule has 4 aromatic carbocycles. The van der Waals surface area contributed by atoms with Gasteiger partial charge in [0.2, 0.25) is 0 Å². The van der Waals surface area contributed by atoms with E-state index >= 15 is 0 Å². The number of ether oxygens (including phenoxy) is 4. The molecule has 6 nitrogen and oxygen atoms in total. The van der Waals surface area contributed by atoms with Crippen LogP contribution in [0.5, 0.6) is 23.0 Å². The monoisotopic (exact) mass is 428 g/mol. The van der Waals surface area contributed by atoms with Crippen molar-refractivity contribution in [2.75, 3.05) is 28.4 Å². The molecule has 0 unspecified atom stereocenters. The van der Waals surface area contributed by atoms with Crippen LogP contribution in [0, 0.1) is 0 Å². The molecule has 5 rings (SSSR count). The minimum Gasteiger partial charge on any atom is -0.493 e. The van der Waals surface area contributed by atoms with Crippen molar-refractivity contribution < 1.29 is 28.5 Å². The fourth-order valence-corrected chi connectivity index (χ4v) is 4.44. The summed E-state index contributed by atoms with van der Waals surface area (Å²) in [4.78, 5) is 27.3. The molecule has 0 heterocycles. The first-order valence-electron chi connectivity index (χ1n) is 9.99. The number of ketones is 2. The Hall–Kier alpha value is -4.06. The molecule has 0 spiro atoms. The smallest absolute Gasteiger partial charge is 0.195 e. The molecule has 160 valence electrons. The molecule has 0 saturated heterocycles. The number of benzene rings is 4. The predicted octanol–water partition coefficient (Wildman–Crippen LogP) is 4.80. The lowest BCUT2D eigenvalue weighted by atomic mass is 9.79. The minimum absolute atomic E-state index is 0.192. The number of hydrogen-bond acceptors (Lipinski definition) is 6. The fourth-order valence-electron chi connectivity index (χ4n) is 4.44. The van der Waals surface area contributed by atoms with E-state index < -0.39 is 0 Å². The Bertz CT molecular complexity index is 1340. The number of fused-ring (bicyclic) bond motifs is 6. The molecule has 0 bridgehead atoms. The number of carbonyl (C=O) groups excluding carboxylic acids is 2. The van der Waals surface area contributed by atoms with Gasteiger partial charge in [-0.15, -0.1) is 0 Å². The van der Waals surface area contributed by atoms with E-state index in [0.717, 1.165) is 10.8 Å². The van der Waals surface area contributed by atoms with E-state index in [-0.39, 0.29) is 11.6 Å². The van der Waals surface area contributed by atoms with Crippen LogP contribution in [0.25, 0.3) is 21.5 Å². The summed E-state index contributed by atoms with van der Waals surface area (Å²) in [5.41, 5.74) is 1.48. The molecule has 1 aliphatic rings. The molecule has 4 aromatic rings. The maximum absolute atomic E-state index is 13.9. The van der Waals surface area contributed by atoms with Gasteiger partial charge in [0.1, 0.15) is 0 Å². The lowest BCUT2D eigenvalue weighted by Crippen LogP contribution is -2.21. The van der Waals surface area contributed by atoms with Gasteiger partial charge in [0.05, 0.1) is 28.4 Å². The summed E-state index contributed by atoms with van der Waals surface area (Å²) in [5, 5.41) is 2.85. The van der Waals surface area contributed by atoms with Gasteiger partial charge in [0.25, 0.3) is 0 Å². The van der Waals surface area contributed by atoms with E-state index in [1.165, 1.54) is 14.2 Å². The molecule has 0 amide bonds. The third-order valence-electron chi connectivity index (χ3n) is 5.99. The first kappa shape index (κ1) is 19.9. The van der Waals surface area contributed by atoms with Crippen LogP contribution in [0.3, 0.4) is 0 Å². The molecule has 0 atom stereocenters. The van der Waals surface area contributed by atoms with Gasteiger partial charge in [-0.05, 0) is 57.9 Å². The fraction of sp³-hybridized carbons (Fsp3) is 0.154. The number of methoxy groups -OCH3 is 4. The maximum Gasteiger partial charge on any atom is 0.195 e. The zero-order valence-corrected chi connectivity index (χ0v) is 18.1. The van der Waals surface area contributed by atoms with E-state index in [1.54, 1.807) is 50.6 Å². The Morgan fingerprint density at radius 1 is 0.500 bits per heavy atom. The van der Waals surface area contributed by atoms with Crippen molar-refractivity contribution in [2.45, 2.75) is 0 Å². The molecule has 0 aliphatic heterocycles. The van der Waals surface area contributed by atoms with Crippen LogP contribution in [0.4, 0.5) is 0 Å². The van der Waals surface area contributed by atoms with Crippen molar-refractivity contribution in [2.24, 2.45) is 0 Å². The topological polar surface area (TPSA) is 71.1 Å². The number of hydrogen-bond donors (Lipinski definition) is 0. The predicted molar refractivity (Wildman–Crippen MR) is 121 cm³/mol. The van der Waals surface area contributed by atoms with Gasteiger partial charge >= 0.3 is 0 Å². The first-order chi connectivity index (χ1) is 15.5. The lowest BCUT2D eigenvalue weighted by molar-refractivity contribution is 0.0981. The Labute approximate surface area is 184 Å². The van der Waals surface area contributed by atoms with Gasteiger partial charge in [-0.25, -0.2) is 0 Å². The highest BCUT2D eigenvalue weighted by Gasteiger charge is 2.33. The standard InChI is InChI=1S/C26H20O6/c1-29-19-9-13-5-7-15-23(17(13)11-21(19)31-3)26(28)24-16(25(15)27)8-6-14-10-20(30-2)22(32-4)12-18(14)24/h5-12H,1-4H3. The molecule has 1 aliphatic carbocycles. The Morgan fingerprint density at radius 3 is 1.25 bits per heavy atom. The van der Waals surface area contributed by atoms with Crippen molar-refractivity contribution in [3.8, 4) is 23.0 Å². The Kier molecular flexibility index (Phi) is 4.51. The molecular formula is C26H20O6. The number of carbonyl (C=O) groups is 2. The molecule has 6 heteroatoms. The van der Waals surface area contributed by atoms with Crippen LogP contribution < -0.4 is 18.9 Å². The summed E-state index contributed by atoms with van der Waals surface area (Å²) in [7, 11) is 6.19. The van der Waals surface area contributed by atoms with Gasteiger partial charge in [-0.2, -0.15) is 0 Å². The molecule has 0 saturated carbocycles. The SMILES string of the molecule is COc1cc2ccc3c(c2cc1OC)C(=O)c1c(ccc2cc(OC)c(OC)cc12)C3=O. The highest BCUT2D eigenvalue weighted by atomic mass is 16.5. The lowest BCUT2D eigenvalue weighted by Gasteiger charge is -2.22. The van der Waals surface area contributed by atoms with Gasteiger partial charge in [0, 0.05) is 22.3 Å². The summed E-state index contributed by atoms with van der Waals surface area (Å²) < 4.78 is 21.7. The normalized spacial score (nSPS) is 12.5. The second kappa shape index (κ2) is 7.27. The van der Waals surface area contributed by atoms with Crippen LogP contribution in [0.15, 0.2) is 48.5 Å². The summed E-state index contributed by atoms with van der Waals surface area (Å²) in [6.45, 7) is 0.